The third kappa shape index (κ3) is 2.15. The number of hydrogen-bond acceptors (Lipinski definition) is 2. The highest BCUT2D eigenvalue weighted by Crippen LogP contribution is 2.38. The summed E-state index contributed by atoms with van der Waals surface area (Å²) in [6.45, 7) is 4.00. The molecule has 1 amide bonds. The van der Waals surface area contributed by atoms with Crippen LogP contribution in [0.3, 0.4) is 0 Å². The Balaban J connectivity index is 2.12. The fraction of sp³-hybridized carbons (Fsp3) is 0.222. The van der Waals surface area contributed by atoms with Gasteiger partial charge in [0.2, 0.25) is 0 Å². The Labute approximate surface area is 124 Å². The minimum atomic E-state index is -0.120. The van der Waals surface area contributed by atoms with Gasteiger partial charge in [-0.15, -0.1) is 0 Å². The Morgan fingerprint density at radius 3 is 2.43 bits per heavy atom. The van der Waals surface area contributed by atoms with Crippen LogP contribution in [0.4, 0.5) is 0 Å². The molecule has 0 radical (unpaired) electrons. The number of rotatable bonds is 3. The number of amides is 1. The van der Waals surface area contributed by atoms with Crippen molar-refractivity contribution >= 4 is 11.7 Å². The third-order valence-corrected chi connectivity index (χ3v) is 3.98. The van der Waals surface area contributed by atoms with Crippen molar-refractivity contribution < 1.29 is 9.59 Å². The minimum absolute atomic E-state index is 0.00112. The van der Waals surface area contributed by atoms with Crippen LogP contribution in [-0.4, -0.2) is 17.7 Å². The minimum Gasteiger partial charge on any atom is -0.350 e. The van der Waals surface area contributed by atoms with Crippen LogP contribution in [-0.2, 0) is 0 Å². The lowest BCUT2D eigenvalue weighted by molar-refractivity contribution is 0.0940. The second kappa shape index (κ2) is 5.17. The summed E-state index contributed by atoms with van der Waals surface area (Å²) in [5.74, 6) is -0.121. The van der Waals surface area contributed by atoms with Gasteiger partial charge in [0.15, 0.2) is 5.78 Å². The highest BCUT2D eigenvalue weighted by Gasteiger charge is 2.30. The highest BCUT2D eigenvalue weighted by atomic mass is 16.1. The van der Waals surface area contributed by atoms with E-state index in [1.54, 1.807) is 18.2 Å². The van der Waals surface area contributed by atoms with Crippen LogP contribution in [0.1, 0.15) is 46.5 Å². The fourth-order valence-corrected chi connectivity index (χ4v) is 2.67. The number of nitrogens with one attached hydrogen (secondary N) is 1. The van der Waals surface area contributed by atoms with E-state index < -0.39 is 0 Å². The van der Waals surface area contributed by atoms with Crippen molar-refractivity contribution in [1.82, 2.24) is 5.32 Å². The van der Waals surface area contributed by atoms with Crippen molar-refractivity contribution in [3.05, 3.63) is 59.2 Å². The molecule has 3 rings (SSSR count). The van der Waals surface area contributed by atoms with Gasteiger partial charge < -0.3 is 5.32 Å². The number of carbonyl (C=O) groups excluding carboxylic acids is 2. The van der Waals surface area contributed by atoms with Crippen molar-refractivity contribution in [2.45, 2.75) is 26.3 Å². The Bertz CT molecular complexity index is 734. The molecule has 0 fully saturated rings. The van der Waals surface area contributed by atoms with Gasteiger partial charge in [-0.1, -0.05) is 43.3 Å². The average molecular weight is 279 g/mol. The predicted molar refractivity (Wildman–Crippen MR) is 82.5 cm³/mol. The molecule has 2 aromatic rings. The summed E-state index contributed by atoms with van der Waals surface area (Å²) in [5.41, 5.74) is 3.49. The molecule has 1 aliphatic rings. The quantitative estimate of drug-likeness (QED) is 0.798. The molecule has 2 aromatic carbocycles. The van der Waals surface area contributed by atoms with Crippen LogP contribution in [0, 0.1) is 0 Å². The molecule has 21 heavy (non-hydrogen) atoms. The van der Waals surface area contributed by atoms with Crippen LogP contribution >= 0.6 is 0 Å². The molecule has 0 heterocycles. The Kier molecular flexibility index (Phi) is 3.34. The Morgan fingerprint density at radius 2 is 1.71 bits per heavy atom. The molecule has 3 nitrogen and oxygen atoms in total. The summed E-state index contributed by atoms with van der Waals surface area (Å²) in [4.78, 5) is 24.9. The Hall–Kier alpha value is -2.42. The zero-order valence-electron chi connectivity index (χ0n) is 12.1. The first-order chi connectivity index (χ1) is 10.1. The topological polar surface area (TPSA) is 46.2 Å². The second-order valence-corrected chi connectivity index (χ2v) is 5.39. The summed E-state index contributed by atoms with van der Waals surface area (Å²) in [6.07, 6.45) is 0.871. The maximum absolute atomic E-state index is 12.5. The van der Waals surface area contributed by atoms with Gasteiger partial charge in [0, 0.05) is 28.3 Å². The molecule has 0 saturated heterocycles. The SMILES string of the molecule is CC[C@@H](C)NC(=O)c1cccc2c1-c1ccccc1C2=O. The molecule has 0 aliphatic heterocycles. The second-order valence-electron chi connectivity index (χ2n) is 5.39. The van der Waals surface area contributed by atoms with E-state index in [9.17, 15) is 9.59 Å². The van der Waals surface area contributed by atoms with Gasteiger partial charge in [0.1, 0.15) is 0 Å². The van der Waals surface area contributed by atoms with E-state index in [-0.39, 0.29) is 17.7 Å². The number of carbonyl (C=O) groups is 2. The van der Waals surface area contributed by atoms with Crippen molar-refractivity contribution in [1.29, 1.82) is 0 Å². The van der Waals surface area contributed by atoms with Crippen LogP contribution in [0.15, 0.2) is 42.5 Å². The standard InChI is InChI=1S/C18H17NO2/c1-3-11(2)19-18(21)15-10-6-9-14-16(15)12-7-4-5-8-13(12)17(14)20/h4-11H,3H2,1-2H3,(H,19,21)/t11-/m1/s1. The molecule has 0 spiro atoms. The van der Waals surface area contributed by atoms with Crippen molar-refractivity contribution in [2.24, 2.45) is 0 Å². The molecule has 106 valence electrons. The normalized spacial score (nSPS) is 13.5. The average Bonchev–Trinajstić information content (AvgIpc) is 2.81. The Morgan fingerprint density at radius 1 is 1.05 bits per heavy atom. The lowest BCUT2D eigenvalue weighted by atomic mass is 9.98. The molecule has 0 aromatic heterocycles. The summed E-state index contributed by atoms with van der Waals surface area (Å²) in [6, 6.07) is 12.9. The first-order valence-corrected chi connectivity index (χ1v) is 7.21. The smallest absolute Gasteiger partial charge is 0.252 e. The van der Waals surface area contributed by atoms with Crippen LogP contribution in [0.5, 0.6) is 0 Å². The van der Waals surface area contributed by atoms with Gasteiger partial charge in [-0.05, 0) is 25.0 Å². The van der Waals surface area contributed by atoms with E-state index in [0.717, 1.165) is 17.5 Å². The van der Waals surface area contributed by atoms with Gasteiger partial charge in [0.25, 0.3) is 5.91 Å². The van der Waals surface area contributed by atoms with E-state index in [1.165, 1.54) is 0 Å². The monoisotopic (exact) mass is 279 g/mol. The third-order valence-electron chi connectivity index (χ3n) is 3.98. The first-order valence-electron chi connectivity index (χ1n) is 7.21. The molecule has 1 N–H and O–H groups in total. The van der Waals surface area contributed by atoms with Crippen molar-refractivity contribution in [3.63, 3.8) is 0 Å². The van der Waals surface area contributed by atoms with Gasteiger partial charge in [-0.25, -0.2) is 0 Å². The summed E-state index contributed by atoms with van der Waals surface area (Å²) in [7, 11) is 0. The zero-order chi connectivity index (χ0) is 15.0. The number of ketones is 1. The molecular formula is C18H17NO2. The highest BCUT2D eigenvalue weighted by molar-refractivity contribution is 6.24. The number of hydrogen-bond donors (Lipinski definition) is 1. The predicted octanol–water partition coefficient (Wildman–Crippen LogP) is 3.43. The summed E-state index contributed by atoms with van der Waals surface area (Å²) in [5, 5.41) is 2.97. The van der Waals surface area contributed by atoms with Gasteiger partial charge in [-0.2, -0.15) is 0 Å². The van der Waals surface area contributed by atoms with E-state index in [0.29, 0.717) is 16.7 Å². The number of benzene rings is 2. The van der Waals surface area contributed by atoms with E-state index in [1.807, 2.05) is 38.1 Å². The molecule has 1 aliphatic carbocycles. The largest absolute Gasteiger partial charge is 0.350 e. The molecule has 1 atom stereocenters. The zero-order valence-corrected chi connectivity index (χ0v) is 12.1. The number of fused-ring (bicyclic) bond motifs is 3. The van der Waals surface area contributed by atoms with Crippen LogP contribution in [0.2, 0.25) is 0 Å². The maximum Gasteiger partial charge on any atom is 0.252 e. The fourth-order valence-electron chi connectivity index (χ4n) is 2.67. The first kappa shape index (κ1) is 13.6. The van der Waals surface area contributed by atoms with E-state index >= 15 is 0 Å². The van der Waals surface area contributed by atoms with Gasteiger partial charge in [-0.3, -0.25) is 9.59 Å². The van der Waals surface area contributed by atoms with E-state index in [4.69, 9.17) is 0 Å². The lowest BCUT2D eigenvalue weighted by Crippen LogP contribution is -2.32. The molecule has 0 bridgehead atoms. The molecule has 0 saturated carbocycles. The summed E-state index contributed by atoms with van der Waals surface area (Å²) >= 11 is 0. The molecular weight excluding hydrogens is 262 g/mol. The van der Waals surface area contributed by atoms with E-state index in [2.05, 4.69) is 5.32 Å². The van der Waals surface area contributed by atoms with Crippen LogP contribution in [0.25, 0.3) is 11.1 Å². The molecule has 3 heteroatoms. The van der Waals surface area contributed by atoms with Gasteiger partial charge >= 0.3 is 0 Å². The lowest BCUT2D eigenvalue weighted by Gasteiger charge is -2.14. The van der Waals surface area contributed by atoms with Gasteiger partial charge in [0.05, 0.1) is 0 Å². The van der Waals surface area contributed by atoms with Crippen molar-refractivity contribution in [3.8, 4) is 11.1 Å². The van der Waals surface area contributed by atoms with Crippen molar-refractivity contribution in [2.75, 3.05) is 0 Å². The molecule has 0 unspecified atom stereocenters. The van der Waals surface area contributed by atoms with Crippen LogP contribution < -0.4 is 5.32 Å². The summed E-state index contributed by atoms with van der Waals surface area (Å²) < 4.78 is 0. The maximum atomic E-state index is 12.5.